The van der Waals surface area contributed by atoms with E-state index >= 15 is 0 Å². The standard InChI is InChI=1S/C20H21F2NO3Si/c1-5-26-20(25)15-11-23(12-6-7-12)18-13(8-9-27(2,3)4)17(22)16(21)10-14(18)19(15)24/h10-12H,5-7H2,1-4H3. The fourth-order valence-electron chi connectivity index (χ4n) is 2.82. The molecule has 142 valence electrons. The van der Waals surface area contributed by atoms with E-state index < -0.39 is 31.1 Å². The third kappa shape index (κ3) is 3.81. The number of esters is 1. The molecular formula is C20H21F2NO3Si. The maximum Gasteiger partial charge on any atom is 0.343 e. The van der Waals surface area contributed by atoms with Crippen LogP contribution in [0, 0.1) is 23.1 Å². The largest absolute Gasteiger partial charge is 0.462 e. The molecule has 27 heavy (non-hydrogen) atoms. The molecule has 2 aromatic rings. The third-order valence-electron chi connectivity index (χ3n) is 4.21. The second-order valence-electron chi connectivity index (χ2n) is 7.67. The minimum atomic E-state index is -1.86. The zero-order valence-electron chi connectivity index (χ0n) is 15.8. The van der Waals surface area contributed by atoms with Crippen LogP contribution in [-0.4, -0.2) is 25.2 Å². The van der Waals surface area contributed by atoms with Gasteiger partial charge in [-0.1, -0.05) is 25.6 Å². The summed E-state index contributed by atoms with van der Waals surface area (Å²) in [6.07, 6.45) is 3.07. The molecule has 0 atom stereocenters. The smallest absolute Gasteiger partial charge is 0.343 e. The average molecular weight is 389 g/mol. The zero-order valence-corrected chi connectivity index (χ0v) is 16.8. The van der Waals surface area contributed by atoms with Crippen molar-refractivity contribution in [3.05, 3.63) is 45.2 Å². The van der Waals surface area contributed by atoms with Crippen molar-refractivity contribution < 1.29 is 18.3 Å². The van der Waals surface area contributed by atoms with Gasteiger partial charge in [0.15, 0.2) is 11.6 Å². The fourth-order valence-corrected chi connectivity index (χ4v) is 3.32. The normalized spacial score (nSPS) is 14.0. The highest BCUT2D eigenvalue weighted by Crippen LogP contribution is 2.38. The number of pyridine rings is 1. The molecule has 0 bridgehead atoms. The molecule has 1 saturated carbocycles. The lowest BCUT2D eigenvalue weighted by Crippen LogP contribution is -2.22. The Balaban J connectivity index is 2.41. The number of halogens is 2. The highest BCUT2D eigenvalue weighted by Gasteiger charge is 2.29. The second-order valence-corrected chi connectivity index (χ2v) is 12.4. The molecule has 1 aliphatic rings. The van der Waals surface area contributed by atoms with E-state index in [-0.39, 0.29) is 34.7 Å². The Hall–Kier alpha value is -2.46. The molecule has 0 amide bonds. The van der Waals surface area contributed by atoms with Crippen molar-refractivity contribution >= 4 is 24.9 Å². The monoisotopic (exact) mass is 389 g/mol. The third-order valence-corrected chi connectivity index (χ3v) is 5.08. The summed E-state index contributed by atoms with van der Waals surface area (Å²) in [6.45, 7) is 7.73. The zero-order chi connectivity index (χ0) is 19.9. The lowest BCUT2D eigenvalue weighted by molar-refractivity contribution is 0.0524. The van der Waals surface area contributed by atoms with Gasteiger partial charge in [-0.05, 0) is 25.8 Å². The summed E-state index contributed by atoms with van der Waals surface area (Å²) in [6, 6.07) is 0.882. The number of aromatic nitrogens is 1. The van der Waals surface area contributed by atoms with Gasteiger partial charge in [0.2, 0.25) is 5.43 Å². The Kier molecular flexibility index (Phi) is 4.95. The summed E-state index contributed by atoms with van der Waals surface area (Å²) < 4.78 is 35.5. The SMILES string of the molecule is CCOC(=O)c1cn(C2CC2)c2c(C#C[Si](C)(C)C)c(F)c(F)cc2c1=O. The molecule has 1 aromatic carbocycles. The Morgan fingerprint density at radius 3 is 2.56 bits per heavy atom. The van der Waals surface area contributed by atoms with Crippen LogP contribution >= 0.6 is 0 Å². The molecule has 0 aliphatic heterocycles. The summed E-state index contributed by atoms with van der Waals surface area (Å²) in [5.74, 6) is -0.198. The molecular weight excluding hydrogens is 368 g/mol. The van der Waals surface area contributed by atoms with Gasteiger partial charge < -0.3 is 9.30 Å². The van der Waals surface area contributed by atoms with E-state index in [1.54, 1.807) is 11.5 Å². The lowest BCUT2D eigenvalue weighted by atomic mass is 10.1. The van der Waals surface area contributed by atoms with Gasteiger partial charge in [-0.25, -0.2) is 13.6 Å². The number of carbonyl (C=O) groups is 1. The topological polar surface area (TPSA) is 48.3 Å². The van der Waals surface area contributed by atoms with Crippen LogP contribution in [0.25, 0.3) is 10.9 Å². The van der Waals surface area contributed by atoms with Gasteiger partial charge in [-0.2, -0.15) is 0 Å². The van der Waals surface area contributed by atoms with Crippen molar-refractivity contribution in [1.29, 1.82) is 0 Å². The number of hydrogen-bond donors (Lipinski definition) is 0. The predicted molar refractivity (Wildman–Crippen MR) is 103 cm³/mol. The number of hydrogen-bond acceptors (Lipinski definition) is 3. The fraction of sp³-hybridized carbons (Fsp3) is 0.400. The first-order chi connectivity index (χ1) is 12.6. The Labute approximate surface area is 157 Å². The van der Waals surface area contributed by atoms with E-state index in [0.29, 0.717) is 0 Å². The molecule has 4 nitrogen and oxygen atoms in total. The molecule has 0 radical (unpaired) electrons. The van der Waals surface area contributed by atoms with Crippen LogP contribution in [0.1, 0.15) is 41.7 Å². The van der Waals surface area contributed by atoms with Crippen molar-refractivity contribution in [2.45, 2.75) is 45.4 Å². The van der Waals surface area contributed by atoms with E-state index in [9.17, 15) is 18.4 Å². The van der Waals surface area contributed by atoms with E-state index in [2.05, 4.69) is 11.5 Å². The first kappa shape index (κ1) is 19.3. The van der Waals surface area contributed by atoms with Crippen molar-refractivity contribution in [1.82, 2.24) is 4.57 Å². The first-order valence-corrected chi connectivity index (χ1v) is 12.4. The summed E-state index contributed by atoms with van der Waals surface area (Å²) in [5.41, 5.74) is 2.32. The second kappa shape index (κ2) is 6.93. The van der Waals surface area contributed by atoms with Gasteiger partial charge in [0, 0.05) is 12.2 Å². The van der Waals surface area contributed by atoms with Gasteiger partial charge in [0.05, 0.1) is 23.1 Å². The van der Waals surface area contributed by atoms with Crippen LogP contribution in [0.2, 0.25) is 19.6 Å². The highest BCUT2D eigenvalue weighted by atomic mass is 28.3. The van der Waals surface area contributed by atoms with Gasteiger partial charge in [0.25, 0.3) is 0 Å². The molecule has 7 heteroatoms. The van der Waals surface area contributed by atoms with E-state index in [1.807, 2.05) is 19.6 Å². The average Bonchev–Trinajstić information content (AvgIpc) is 3.40. The van der Waals surface area contributed by atoms with Gasteiger partial charge >= 0.3 is 5.97 Å². The summed E-state index contributed by atoms with van der Waals surface area (Å²) in [7, 11) is -1.86. The Bertz CT molecular complexity index is 1050. The van der Waals surface area contributed by atoms with Crippen LogP contribution in [0.4, 0.5) is 8.78 Å². The first-order valence-electron chi connectivity index (χ1n) is 8.91. The van der Waals surface area contributed by atoms with Gasteiger partial charge in [-0.3, -0.25) is 4.79 Å². The van der Waals surface area contributed by atoms with Crippen LogP contribution in [0.15, 0.2) is 17.1 Å². The lowest BCUT2D eigenvalue weighted by Gasteiger charge is -2.15. The van der Waals surface area contributed by atoms with Crippen molar-refractivity contribution in [3.8, 4) is 11.5 Å². The summed E-state index contributed by atoms with van der Waals surface area (Å²) >= 11 is 0. The maximum absolute atomic E-state index is 14.6. The number of carbonyl (C=O) groups excluding carboxylic acids is 1. The van der Waals surface area contributed by atoms with Gasteiger partial charge in [-0.15, -0.1) is 5.54 Å². The van der Waals surface area contributed by atoms with Gasteiger partial charge in [0.1, 0.15) is 13.6 Å². The molecule has 0 N–H and O–H groups in total. The van der Waals surface area contributed by atoms with Crippen LogP contribution in [0.3, 0.4) is 0 Å². The van der Waals surface area contributed by atoms with E-state index in [0.717, 1.165) is 18.9 Å². The van der Waals surface area contributed by atoms with Crippen LogP contribution in [-0.2, 0) is 4.74 Å². The Morgan fingerprint density at radius 2 is 2.00 bits per heavy atom. The molecule has 0 saturated heterocycles. The van der Waals surface area contributed by atoms with E-state index in [4.69, 9.17) is 4.74 Å². The molecule has 3 rings (SSSR count). The van der Waals surface area contributed by atoms with Crippen LogP contribution < -0.4 is 5.43 Å². The van der Waals surface area contributed by atoms with Crippen LogP contribution in [0.5, 0.6) is 0 Å². The van der Waals surface area contributed by atoms with E-state index in [1.165, 1.54) is 6.20 Å². The minimum absolute atomic E-state index is 0.0265. The number of nitrogens with zero attached hydrogens (tertiary/aromatic N) is 1. The van der Waals surface area contributed by atoms with Crippen molar-refractivity contribution in [3.63, 3.8) is 0 Å². The highest BCUT2D eigenvalue weighted by molar-refractivity contribution is 6.83. The molecule has 1 aromatic heterocycles. The maximum atomic E-state index is 14.6. The van der Waals surface area contributed by atoms with Crippen molar-refractivity contribution in [2.24, 2.45) is 0 Å². The predicted octanol–water partition coefficient (Wildman–Crippen LogP) is 4.02. The number of benzene rings is 1. The molecule has 1 heterocycles. The molecule has 0 unspecified atom stereocenters. The Morgan fingerprint density at radius 1 is 1.33 bits per heavy atom. The number of ether oxygens (including phenoxy) is 1. The number of fused-ring (bicyclic) bond motifs is 1. The number of rotatable bonds is 3. The molecule has 0 spiro atoms. The van der Waals surface area contributed by atoms with Crippen molar-refractivity contribution in [2.75, 3.05) is 6.61 Å². The molecule has 1 fully saturated rings. The molecule has 1 aliphatic carbocycles. The quantitative estimate of drug-likeness (QED) is 0.453. The summed E-state index contributed by atoms with van der Waals surface area (Å²) in [5, 5.41) is -0.0498. The summed E-state index contributed by atoms with van der Waals surface area (Å²) in [4.78, 5) is 25.0. The minimum Gasteiger partial charge on any atom is -0.462 e.